The van der Waals surface area contributed by atoms with Crippen molar-refractivity contribution in [2.45, 2.75) is 63.8 Å². The van der Waals surface area contributed by atoms with Gasteiger partial charge in [0, 0.05) is 31.9 Å². The first-order valence-electron chi connectivity index (χ1n) is 9.58. The van der Waals surface area contributed by atoms with Gasteiger partial charge in [-0.25, -0.2) is 4.98 Å². The number of ether oxygens (including phenoxy) is 2. The van der Waals surface area contributed by atoms with Crippen molar-refractivity contribution >= 4 is 11.0 Å². The van der Waals surface area contributed by atoms with Crippen LogP contribution in [-0.2, 0) is 16.0 Å². The van der Waals surface area contributed by atoms with E-state index in [1.807, 2.05) is 0 Å². The summed E-state index contributed by atoms with van der Waals surface area (Å²) in [6, 6.07) is 9.31. The highest BCUT2D eigenvalue weighted by Gasteiger charge is 2.38. The molecule has 2 fully saturated rings. The first-order chi connectivity index (χ1) is 12.2. The Morgan fingerprint density at radius 3 is 2.84 bits per heavy atom. The van der Waals surface area contributed by atoms with E-state index in [2.05, 4.69) is 48.0 Å². The number of rotatable bonds is 4. The number of imidazole rings is 1. The molecule has 2 aliphatic rings. The molecule has 0 amide bonds. The summed E-state index contributed by atoms with van der Waals surface area (Å²) in [6.45, 7) is 7.76. The van der Waals surface area contributed by atoms with Crippen LogP contribution in [-0.4, -0.2) is 41.0 Å². The Balaban J connectivity index is 1.47. The number of nitrogens with one attached hydrogen (secondary N) is 1. The van der Waals surface area contributed by atoms with Crippen LogP contribution in [0.4, 0.5) is 0 Å². The molecule has 2 aliphatic heterocycles. The van der Waals surface area contributed by atoms with E-state index in [-0.39, 0.29) is 5.60 Å². The largest absolute Gasteiger partial charge is 0.381 e. The van der Waals surface area contributed by atoms with Gasteiger partial charge in [-0.3, -0.25) is 0 Å². The average Bonchev–Trinajstić information content (AvgIpc) is 2.99. The van der Waals surface area contributed by atoms with Crippen molar-refractivity contribution in [2.24, 2.45) is 0 Å². The van der Waals surface area contributed by atoms with E-state index in [4.69, 9.17) is 14.5 Å². The van der Waals surface area contributed by atoms with E-state index in [1.54, 1.807) is 0 Å². The molecule has 5 heteroatoms. The first kappa shape index (κ1) is 17.0. The van der Waals surface area contributed by atoms with Crippen LogP contribution in [0, 0.1) is 0 Å². The summed E-state index contributed by atoms with van der Waals surface area (Å²) in [5.74, 6) is 1.13. The van der Waals surface area contributed by atoms with Gasteiger partial charge in [-0.2, -0.15) is 0 Å². The molecule has 5 nitrogen and oxygen atoms in total. The van der Waals surface area contributed by atoms with Crippen LogP contribution in [0.25, 0.3) is 11.0 Å². The number of hydrogen-bond acceptors (Lipinski definition) is 4. The molecule has 4 rings (SSSR count). The summed E-state index contributed by atoms with van der Waals surface area (Å²) in [7, 11) is 0. The Labute approximate surface area is 149 Å². The van der Waals surface area contributed by atoms with E-state index >= 15 is 0 Å². The van der Waals surface area contributed by atoms with Crippen LogP contribution in [0.3, 0.4) is 0 Å². The normalized spacial score (nSPS) is 23.6. The molecule has 1 unspecified atom stereocenters. The molecule has 2 saturated heterocycles. The molecule has 1 atom stereocenters. The van der Waals surface area contributed by atoms with Gasteiger partial charge in [-0.1, -0.05) is 12.1 Å². The van der Waals surface area contributed by atoms with E-state index < -0.39 is 0 Å². The molecule has 1 N–H and O–H groups in total. The fraction of sp³-hybridized carbons (Fsp3) is 0.650. The monoisotopic (exact) mass is 343 g/mol. The molecule has 1 aromatic heterocycles. The van der Waals surface area contributed by atoms with Crippen LogP contribution in [0.5, 0.6) is 0 Å². The van der Waals surface area contributed by atoms with Gasteiger partial charge in [-0.05, 0) is 51.7 Å². The van der Waals surface area contributed by atoms with Crippen molar-refractivity contribution in [2.75, 3.05) is 19.8 Å². The lowest BCUT2D eigenvalue weighted by Crippen LogP contribution is -2.49. The standard InChI is InChI=1S/C20H29N3O2/c1-15(2)23-18-6-4-3-5-17(18)22-19(23)14-21-16-7-10-25-20(13-16)8-11-24-12-9-20/h3-6,15-16,21H,7-14H2,1-2H3. The van der Waals surface area contributed by atoms with E-state index in [0.29, 0.717) is 12.1 Å². The summed E-state index contributed by atoms with van der Waals surface area (Å²) in [4.78, 5) is 4.87. The van der Waals surface area contributed by atoms with Crippen molar-refractivity contribution in [1.29, 1.82) is 0 Å². The third kappa shape index (κ3) is 3.46. The Morgan fingerprint density at radius 1 is 1.24 bits per heavy atom. The minimum atomic E-state index is 0.0341. The predicted octanol–water partition coefficient (Wildman–Crippen LogP) is 3.44. The van der Waals surface area contributed by atoms with Crippen LogP contribution < -0.4 is 5.32 Å². The lowest BCUT2D eigenvalue weighted by atomic mass is 9.84. The maximum atomic E-state index is 6.16. The van der Waals surface area contributed by atoms with Crippen LogP contribution >= 0.6 is 0 Å². The summed E-state index contributed by atoms with van der Waals surface area (Å²) >= 11 is 0. The third-order valence-electron chi connectivity index (χ3n) is 5.63. The van der Waals surface area contributed by atoms with E-state index in [0.717, 1.165) is 63.4 Å². The second-order valence-electron chi connectivity index (χ2n) is 7.69. The van der Waals surface area contributed by atoms with Gasteiger partial charge in [-0.15, -0.1) is 0 Å². The number of benzene rings is 1. The topological polar surface area (TPSA) is 48.3 Å². The maximum absolute atomic E-state index is 6.16. The van der Waals surface area contributed by atoms with E-state index in [1.165, 1.54) is 5.52 Å². The molecule has 1 aromatic carbocycles. The quantitative estimate of drug-likeness (QED) is 0.924. The van der Waals surface area contributed by atoms with Gasteiger partial charge < -0.3 is 19.4 Å². The molecule has 0 aliphatic carbocycles. The zero-order chi connectivity index (χ0) is 17.3. The van der Waals surface area contributed by atoms with E-state index in [9.17, 15) is 0 Å². The second-order valence-corrected chi connectivity index (χ2v) is 7.69. The second kappa shape index (κ2) is 7.06. The van der Waals surface area contributed by atoms with Gasteiger partial charge >= 0.3 is 0 Å². The number of fused-ring (bicyclic) bond motifs is 1. The van der Waals surface area contributed by atoms with Crippen molar-refractivity contribution in [3.63, 3.8) is 0 Å². The number of nitrogens with zero attached hydrogens (tertiary/aromatic N) is 2. The predicted molar refractivity (Wildman–Crippen MR) is 98.7 cm³/mol. The van der Waals surface area contributed by atoms with Crippen molar-refractivity contribution in [3.05, 3.63) is 30.1 Å². The average molecular weight is 343 g/mol. The minimum Gasteiger partial charge on any atom is -0.381 e. The van der Waals surface area contributed by atoms with Crippen molar-refractivity contribution in [3.8, 4) is 0 Å². The molecule has 0 saturated carbocycles. The molecule has 0 radical (unpaired) electrons. The summed E-state index contributed by atoms with van der Waals surface area (Å²) < 4.78 is 14.0. The number of para-hydroxylation sites is 2. The zero-order valence-corrected chi connectivity index (χ0v) is 15.3. The minimum absolute atomic E-state index is 0.0341. The highest BCUT2D eigenvalue weighted by molar-refractivity contribution is 5.76. The maximum Gasteiger partial charge on any atom is 0.124 e. The SMILES string of the molecule is CC(C)n1c(CNC2CCOC3(CCOCC3)C2)nc2ccccc21. The smallest absolute Gasteiger partial charge is 0.124 e. The Hall–Kier alpha value is -1.43. The summed E-state index contributed by atoms with van der Waals surface area (Å²) in [5, 5.41) is 3.76. The highest BCUT2D eigenvalue weighted by Crippen LogP contribution is 2.34. The molecule has 25 heavy (non-hydrogen) atoms. The Morgan fingerprint density at radius 2 is 2.04 bits per heavy atom. The fourth-order valence-corrected chi connectivity index (χ4v) is 4.32. The van der Waals surface area contributed by atoms with Gasteiger partial charge in [0.1, 0.15) is 5.82 Å². The Kier molecular flexibility index (Phi) is 4.80. The molecule has 136 valence electrons. The molecule has 0 bridgehead atoms. The van der Waals surface area contributed by atoms with Crippen molar-refractivity contribution in [1.82, 2.24) is 14.9 Å². The number of hydrogen-bond donors (Lipinski definition) is 1. The third-order valence-corrected chi connectivity index (χ3v) is 5.63. The molecular weight excluding hydrogens is 314 g/mol. The highest BCUT2D eigenvalue weighted by atomic mass is 16.5. The first-order valence-corrected chi connectivity index (χ1v) is 9.58. The summed E-state index contributed by atoms with van der Waals surface area (Å²) in [5.41, 5.74) is 2.34. The van der Waals surface area contributed by atoms with Crippen molar-refractivity contribution < 1.29 is 9.47 Å². The lowest BCUT2D eigenvalue weighted by Gasteiger charge is -2.43. The van der Waals surface area contributed by atoms with Crippen LogP contribution in [0.15, 0.2) is 24.3 Å². The molecule has 2 aromatic rings. The van der Waals surface area contributed by atoms with Gasteiger partial charge in [0.2, 0.25) is 0 Å². The summed E-state index contributed by atoms with van der Waals surface area (Å²) in [6.07, 6.45) is 4.20. The van der Waals surface area contributed by atoms with Crippen LogP contribution in [0.1, 0.15) is 51.4 Å². The molecule has 1 spiro atoms. The Bertz CT molecular complexity index is 713. The fourth-order valence-electron chi connectivity index (χ4n) is 4.32. The van der Waals surface area contributed by atoms with Gasteiger partial charge in [0.15, 0.2) is 0 Å². The lowest BCUT2D eigenvalue weighted by molar-refractivity contribution is -0.140. The van der Waals surface area contributed by atoms with Gasteiger partial charge in [0.05, 0.1) is 23.2 Å². The molecular formula is C20H29N3O2. The van der Waals surface area contributed by atoms with Crippen LogP contribution in [0.2, 0.25) is 0 Å². The number of aromatic nitrogens is 2. The molecule has 3 heterocycles. The van der Waals surface area contributed by atoms with Gasteiger partial charge in [0.25, 0.3) is 0 Å². The zero-order valence-electron chi connectivity index (χ0n) is 15.3.